The van der Waals surface area contributed by atoms with E-state index in [0.717, 1.165) is 0 Å². The Labute approximate surface area is 63.5 Å². The molecule has 1 aromatic rings. The highest BCUT2D eigenvalue weighted by Crippen LogP contribution is 2.03. The molecule has 0 aliphatic heterocycles. The van der Waals surface area contributed by atoms with Gasteiger partial charge in [-0.3, -0.25) is 4.79 Å². The number of anilines is 1. The molecule has 0 bridgehead atoms. The summed E-state index contributed by atoms with van der Waals surface area (Å²) in [6.07, 6.45) is 1.98. The van der Waals surface area contributed by atoms with Crippen molar-refractivity contribution < 1.29 is 4.79 Å². The van der Waals surface area contributed by atoms with Crippen LogP contribution in [0, 0.1) is 11.3 Å². The van der Waals surface area contributed by atoms with Gasteiger partial charge in [0.25, 0.3) is 0 Å². The lowest BCUT2D eigenvalue weighted by molar-refractivity contribution is -0.105. The summed E-state index contributed by atoms with van der Waals surface area (Å²) in [7, 11) is 0. The van der Waals surface area contributed by atoms with Gasteiger partial charge >= 0.3 is 0 Å². The van der Waals surface area contributed by atoms with E-state index in [1.54, 1.807) is 6.07 Å². The van der Waals surface area contributed by atoms with E-state index in [9.17, 15) is 4.79 Å². The fourth-order valence-electron chi connectivity index (χ4n) is 0.613. The van der Waals surface area contributed by atoms with Gasteiger partial charge in [0.1, 0.15) is 11.8 Å². The Morgan fingerprint density at radius 1 is 1.64 bits per heavy atom. The van der Waals surface area contributed by atoms with E-state index in [1.807, 2.05) is 6.07 Å². The summed E-state index contributed by atoms with van der Waals surface area (Å²) in [6.45, 7) is 0. The van der Waals surface area contributed by atoms with Gasteiger partial charge in [-0.2, -0.15) is 5.26 Å². The second kappa shape index (κ2) is 3.32. The molecule has 1 N–H and O–H groups in total. The Morgan fingerprint density at radius 3 is 2.91 bits per heavy atom. The molecule has 4 nitrogen and oxygen atoms in total. The fourth-order valence-corrected chi connectivity index (χ4v) is 0.613. The highest BCUT2D eigenvalue weighted by Gasteiger charge is 1.91. The van der Waals surface area contributed by atoms with Crippen LogP contribution in [-0.2, 0) is 4.79 Å². The smallest absolute Gasteiger partial charge is 0.211 e. The monoisotopic (exact) mass is 147 g/mol. The first-order valence-corrected chi connectivity index (χ1v) is 2.93. The first kappa shape index (κ1) is 7.22. The number of hydrogen-bond acceptors (Lipinski definition) is 3. The maximum absolute atomic E-state index is 9.92. The molecule has 0 aliphatic rings. The standard InChI is InChI=1S/C7H5N3O/c8-3-6-1-2-7(4-9-6)10-5-11/h1-2,4-5H,(H,10,11). The second-order valence-corrected chi connectivity index (χ2v) is 1.81. The van der Waals surface area contributed by atoms with E-state index in [1.165, 1.54) is 12.3 Å². The van der Waals surface area contributed by atoms with Crippen LogP contribution >= 0.6 is 0 Å². The predicted octanol–water partition coefficient (Wildman–Crippen LogP) is 0.522. The Bertz CT molecular complexity index is 286. The Kier molecular flexibility index (Phi) is 2.18. The zero-order valence-electron chi connectivity index (χ0n) is 5.61. The van der Waals surface area contributed by atoms with Crippen LogP contribution in [0.25, 0.3) is 0 Å². The molecule has 11 heavy (non-hydrogen) atoms. The summed E-state index contributed by atoms with van der Waals surface area (Å²) in [4.78, 5) is 13.7. The van der Waals surface area contributed by atoms with Gasteiger partial charge in [-0.05, 0) is 12.1 Å². The molecule has 54 valence electrons. The Balaban J connectivity index is 2.84. The Morgan fingerprint density at radius 2 is 2.45 bits per heavy atom. The average molecular weight is 147 g/mol. The molecule has 0 atom stereocenters. The number of nitriles is 1. The first-order valence-electron chi connectivity index (χ1n) is 2.93. The molecule has 0 aromatic carbocycles. The topological polar surface area (TPSA) is 65.8 Å². The molecule has 0 spiro atoms. The lowest BCUT2D eigenvalue weighted by atomic mass is 10.3. The van der Waals surface area contributed by atoms with Crippen molar-refractivity contribution in [3.05, 3.63) is 24.0 Å². The molecule has 0 aliphatic carbocycles. The highest BCUT2D eigenvalue weighted by molar-refractivity contribution is 5.70. The molecular weight excluding hydrogens is 142 g/mol. The minimum absolute atomic E-state index is 0.335. The van der Waals surface area contributed by atoms with E-state index in [4.69, 9.17) is 5.26 Å². The number of carbonyl (C=O) groups excluding carboxylic acids is 1. The van der Waals surface area contributed by atoms with Crippen molar-refractivity contribution in [1.29, 1.82) is 5.26 Å². The van der Waals surface area contributed by atoms with Crippen LogP contribution in [0.2, 0.25) is 0 Å². The van der Waals surface area contributed by atoms with Crippen LogP contribution in [-0.4, -0.2) is 11.4 Å². The van der Waals surface area contributed by atoms with Gasteiger partial charge in [0.15, 0.2) is 0 Å². The van der Waals surface area contributed by atoms with Crippen molar-refractivity contribution in [3.63, 3.8) is 0 Å². The predicted molar refractivity (Wildman–Crippen MR) is 38.6 cm³/mol. The summed E-state index contributed by atoms with van der Waals surface area (Å²) >= 11 is 0. The normalized spacial score (nSPS) is 8.27. The van der Waals surface area contributed by atoms with Crippen molar-refractivity contribution in [2.45, 2.75) is 0 Å². The third-order valence-corrected chi connectivity index (χ3v) is 1.10. The second-order valence-electron chi connectivity index (χ2n) is 1.81. The minimum atomic E-state index is 0.335. The summed E-state index contributed by atoms with van der Waals surface area (Å²) in [6, 6.07) is 5.01. The summed E-state index contributed by atoms with van der Waals surface area (Å²) in [5, 5.41) is 10.8. The zero-order valence-corrected chi connectivity index (χ0v) is 5.61. The van der Waals surface area contributed by atoms with Gasteiger partial charge in [0.2, 0.25) is 6.41 Å². The average Bonchev–Trinajstić information content (AvgIpc) is 2.07. The maximum atomic E-state index is 9.92. The summed E-state index contributed by atoms with van der Waals surface area (Å²) < 4.78 is 0. The van der Waals surface area contributed by atoms with Crippen molar-refractivity contribution >= 4 is 12.1 Å². The van der Waals surface area contributed by atoms with Crippen LogP contribution in [0.4, 0.5) is 5.69 Å². The van der Waals surface area contributed by atoms with Gasteiger partial charge in [0, 0.05) is 0 Å². The van der Waals surface area contributed by atoms with E-state index in [-0.39, 0.29) is 0 Å². The van der Waals surface area contributed by atoms with Gasteiger partial charge in [-0.15, -0.1) is 0 Å². The van der Waals surface area contributed by atoms with Gasteiger partial charge in [-0.1, -0.05) is 0 Å². The zero-order chi connectivity index (χ0) is 8.10. The van der Waals surface area contributed by atoms with Crippen LogP contribution in [0.3, 0.4) is 0 Å². The molecule has 0 saturated heterocycles. The number of carbonyl (C=O) groups is 1. The molecule has 1 aromatic heterocycles. The van der Waals surface area contributed by atoms with Gasteiger partial charge in [0.05, 0.1) is 11.9 Å². The number of nitrogens with zero attached hydrogens (tertiary/aromatic N) is 2. The third-order valence-electron chi connectivity index (χ3n) is 1.10. The molecule has 1 rings (SSSR count). The number of aromatic nitrogens is 1. The maximum Gasteiger partial charge on any atom is 0.211 e. The molecular formula is C7H5N3O. The van der Waals surface area contributed by atoms with Crippen LogP contribution in [0.15, 0.2) is 18.3 Å². The number of rotatable bonds is 2. The molecule has 0 unspecified atom stereocenters. The number of nitrogens with one attached hydrogen (secondary N) is 1. The van der Waals surface area contributed by atoms with E-state index in [0.29, 0.717) is 17.8 Å². The molecule has 1 amide bonds. The van der Waals surface area contributed by atoms with Gasteiger partial charge in [-0.25, -0.2) is 4.98 Å². The SMILES string of the molecule is N#Cc1ccc(NC=O)cn1. The fraction of sp³-hybridized carbons (Fsp3) is 0. The summed E-state index contributed by atoms with van der Waals surface area (Å²) in [5.41, 5.74) is 0.917. The van der Waals surface area contributed by atoms with Crippen molar-refractivity contribution in [3.8, 4) is 6.07 Å². The minimum Gasteiger partial charge on any atom is -0.327 e. The molecule has 0 radical (unpaired) electrons. The largest absolute Gasteiger partial charge is 0.327 e. The van der Waals surface area contributed by atoms with Crippen LogP contribution in [0.5, 0.6) is 0 Å². The third kappa shape index (κ3) is 1.76. The molecule has 0 saturated carbocycles. The molecule has 4 heteroatoms. The van der Waals surface area contributed by atoms with Gasteiger partial charge < -0.3 is 5.32 Å². The summed E-state index contributed by atoms with van der Waals surface area (Å²) in [5.74, 6) is 0. The van der Waals surface area contributed by atoms with Crippen molar-refractivity contribution in [2.75, 3.05) is 5.32 Å². The Hall–Kier alpha value is -1.89. The first-order chi connectivity index (χ1) is 5.36. The quantitative estimate of drug-likeness (QED) is 0.620. The van der Waals surface area contributed by atoms with Crippen LogP contribution < -0.4 is 5.32 Å². The van der Waals surface area contributed by atoms with Crippen LogP contribution in [0.1, 0.15) is 5.69 Å². The lowest BCUT2D eigenvalue weighted by Gasteiger charge is -1.94. The highest BCUT2D eigenvalue weighted by atomic mass is 16.1. The lowest BCUT2D eigenvalue weighted by Crippen LogP contribution is -1.94. The van der Waals surface area contributed by atoms with Crippen molar-refractivity contribution in [1.82, 2.24) is 4.98 Å². The van der Waals surface area contributed by atoms with E-state index in [2.05, 4.69) is 10.3 Å². The van der Waals surface area contributed by atoms with Crippen molar-refractivity contribution in [2.24, 2.45) is 0 Å². The molecule has 0 fully saturated rings. The molecule has 1 heterocycles. The van der Waals surface area contributed by atoms with E-state index < -0.39 is 0 Å². The number of pyridine rings is 1. The van der Waals surface area contributed by atoms with E-state index >= 15 is 0 Å². The number of amides is 1. The number of hydrogen-bond donors (Lipinski definition) is 1.